The molecule has 0 aliphatic rings. The highest BCUT2D eigenvalue weighted by molar-refractivity contribution is 6.31. The molecule has 106 valence electrons. The van der Waals surface area contributed by atoms with Gasteiger partial charge in [0.05, 0.1) is 5.92 Å². The van der Waals surface area contributed by atoms with E-state index in [0.29, 0.717) is 6.54 Å². The van der Waals surface area contributed by atoms with Crippen LogP contribution in [0.1, 0.15) is 32.3 Å². The predicted octanol–water partition coefficient (Wildman–Crippen LogP) is 3.98. The summed E-state index contributed by atoms with van der Waals surface area (Å²) in [7, 11) is 0. The van der Waals surface area contributed by atoms with Gasteiger partial charge >= 0.3 is 5.97 Å². The van der Waals surface area contributed by atoms with Crippen molar-refractivity contribution >= 4 is 23.3 Å². The molecule has 1 atom stereocenters. The van der Waals surface area contributed by atoms with E-state index >= 15 is 0 Å². The molecular formula is C15H22ClNO2. The van der Waals surface area contributed by atoms with Gasteiger partial charge in [-0.1, -0.05) is 37.9 Å². The molecule has 0 heterocycles. The van der Waals surface area contributed by atoms with Gasteiger partial charge in [-0.15, -0.1) is 0 Å². The van der Waals surface area contributed by atoms with Crippen molar-refractivity contribution in [2.45, 2.75) is 33.6 Å². The first-order valence-electron chi connectivity index (χ1n) is 6.69. The summed E-state index contributed by atoms with van der Waals surface area (Å²) >= 11 is 6.15. The van der Waals surface area contributed by atoms with Gasteiger partial charge in [0.2, 0.25) is 0 Å². The van der Waals surface area contributed by atoms with Crippen molar-refractivity contribution in [1.82, 2.24) is 0 Å². The zero-order valence-electron chi connectivity index (χ0n) is 11.8. The second-order valence-electron chi connectivity index (χ2n) is 4.97. The zero-order valence-corrected chi connectivity index (χ0v) is 12.6. The van der Waals surface area contributed by atoms with Crippen molar-refractivity contribution in [2.75, 3.05) is 18.0 Å². The van der Waals surface area contributed by atoms with Gasteiger partial charge in [-0.2, -0.15) is 0 Å². The van der Waals surface area contributed by atoms with Crippen LogP contribution >= 0.6 is 11.6 Å². The van der Waals surface area contributed by atoms with E-state index in [4.69, 9.17) is 16.7 Å². The van der Waals surface area contributed by atoms with E-state index in [1.807, 2.05) is 25.1 Å². The smallest absolute Gasteiger partial charge is 0.308 e. The minimum atomic E-state index is -0.764. The van der Waals surface area contributed by atoms with Gasteiger partial charge in [-0.25, -0.2) is 0 Å². The maximum absolute atomic E-state index is 11.0. The molecule has 0 radical (unpaired) electrons. The first-order chi connectivity index (χ1) is 8.95. The van der Waals surface area contributed by atoms with Crippen LogP contribution in [-0.2, 0) is 4.79 Å². The molecule has 0 spiro atoms. The van der Waals surface area contributed by atoms with Gasteiger partial charge in [-0.3, -0.25) is 4.79 Å². The van der Waals surface area contributed by atoms with Crippen molar-refractivity contribution in [2.24, 2.45) is 5.92 Å². The number of aryl methyl sites for hydroxylation is 1. The molecule has 0 bridgehead atoms. The Hall–Kier alpha value is -1.22. The van der Waals surface area contributed by atoms with Gasteiger partial charge in [0.1, 0.15) is 0 Å². The van der Waals surface area contributed by atoms with E-state index < -0.39 is 11.9 Å². The summed E-state index contributed by atoms with van der Waals surface area (Å²) < 4.78 is 0. The Balaban J connectivity index is 2.88. The quantitative estimate of drug-likeness (QED) is 0.823. The number of carboxylic acid groups (broad SMARTS) is 1. The summed E-state index contributed by atoms with van der Waals surface area (Å²) in [5, 5.41) is 9.77. The SMILES string of the molecule is CCCCN(CC(C)C(=O)O)c1ccc(C)c(Cl)c1. The van der Waals surface area contributed by atoms with Gasteiger partial charge in [0, 0.05) is 23.8 Å². The fraction of sp³-hybridized carbons (Fsp3) is 0.533. The van der Waals surface area contributed by atoms with Gasteiger partial charge in [-0.05, 0) is 31.0 Å². The second kappa shape index (κ2) is 7.39. The number of halogens is 1. The number of benzene rings is 1. The van der Waals surface area contributed by atoms with Crippen molar-refractivity contribution in [1.29, 1.82) is 0 Å². The van der Waals surface area contributed by atoms with Gasteiger partial charge < -0.3 is 10.0 Å². The maximum Gasteiger partial charge on any atom is 0.308 e. The molecule has 0 fully saturated rings. The third-order valence-electron chi connectivity index (χ3n) is 3.22. The molecule has 1 rings (SSSR count). The van der Waals surface area contributed by atoms with Crippen LogP contribution in [0.5, 0.6) is 0 Å². The fourth-order valence-electron chi connectivity index (χ4n) is 1.86. The van der Waals surface area contributed by atoms with E-state index in [1.54, 1.807) is 6.92 Å². The number of carboxylic acids is 1. The molecule has 0 aliphatic heterocycles. The number of unbranched alkanes of at least 4 members (excludes halogenated alkanes) is 1. The first-order valence-corrected chi connectivity index (χ1v) is 7.07. The molecule has 19 heavy (non-hydrogen) atoms. The average Bonchev–Trinajstić information content (AvgIpc) is 2.37. The van der Waals surface area contributed by atoms with E-state index in [9.17, 15) is 4.79 Å². The van der Waals surface area contributed by atoms with Crippen molar-refractivity contribution < 1.29 is 9.90 Å². The zero-order chi connectivity index (χ0) is 14.4. The summed E-state index contributed by atoms with van der Waals surface area (Å²) in [6.45, 7) is 7.18. The highest BCUT2D eigenvalue weighted by Gasteiger charge is 2.16. The topological polar surface area (TPSA) is 40.5 Å². The van der Waals surface area contributed by atoms with Gasteiger partial charge in [0.15, 0.2) is 0 Å². The number of hydrogen-bond acceptors (Lipinski definition) is 2. The Morgan fingerprint density at radius 1 is 1.47 bits per heavy atom. The first kappa shape index (κ1) is 15.8. The molecule has 4 heteroatoms. The van der Waals surface area contributed by atoms with Crippen LogP contribution < -0.4 is 4.90 Å². The third kappa shape index (κ3) is 4.75. The molecule has 1 N–H and O–H groups in total. The van der Waals surface area contributed by atoms with Crippen molar-refractivity contribution in [3.05, 3.63) is 28.8 Å². The predicted molar refractivity (Wildman–Crippen MR) is 80.1 cm³/mol. The molecular weight excluding hydrogens is 262 g/mol. The number of aliphatic carboxylic acids is 1. The van der Waals surface area contributed by atoms with Crippen molar-refractivity contribution in [3.63, 3.8) is 0 Å². The summed E-state index contributed by atoms with van der Waals surface area (Å²) in [5.41, 5.74) is 2.03. The third-order valence-corrected chi connectivity index (χ3v) is 3.63. The van der Waals surface area contributed by atoms with Crippen molar-refractivity contribution in [3.8, 4) is 0 Å². The number of anilines is 1. The molecule has 1 aromatic carbocycles. The Morgan fingerprint density at radius 2 is 2.16 bits per heavy atom. The summed E-state index contributed by atoms with van der Waals surface area (Å²) in [6.07, 6.45) is 2.12. The summed E-state index contributed by atoms with van der Waals surface area (Å²) in [4.78, 5) is 13.1. The molecule has 1 aromatic rings. The average molecular weight is 284 g/mol. The van der Waals surface area contributed by atoms with E-state index in [1.165, 1.54) is 0 Å². The number of hydrogen-bond donors (Lipinski definition) is 1. The Bertz CT molecular complexity index is 434. The highest BCUT2D eigenvalue weighted by Crippen LogP contribution is 2.24. The summed E-state index contributed by atoms with van der Waals surface area (Å²) in [6, 6.07) is 5.90. The fourth-order valence-corrected chi connectivity index (χ4v) is 2.04. The van der Waals surface area contributed by atoms with Crippen LogP contribution in [-0.4, -0.2) is 24.2 Å². The highest BCUT2D eigenvalue weighted by atomic mass is 35.5. The maximum atomic E-state index is 11.0. The molecule has 0 amide bonds. The van der Waals surface area contributed by atoms with Crippen LogP contribution in [0.4, 0.5) is 5.69 Å². The molecule has 3 nitrogen and oxygen atoms in total. The minimum absolute atomic E-state index is 0.392. The van der Waals surface area contributed by atoms with E-state index in [2.05, 4.69) is 11.8 Å². The van der Waals surface area contributed by atoms with Crippen LogP contribution in [0.2, 0.25) is 5.02 Å². The lowest BCUT2D eigenvalue weighted by molar-refractivity contribution is -0.140. The molecule has 1 unspecified atom stereocenters. The monoisotopic (exact) mass is 283 g/mol. The Kier molecular flexibility index (Phi) is 6.16. The van der Waals surface area contributed by atoms with Crippen LogP contribution in [0, 0.1) is 12.8 Å². The largest absolute Gasteiger partial charge is 0.481 e. The second-order valence-corrected chi connectivity index (χ2v) is 5.38. The lowest BCUT2D eigenvalue weighted by Crippen LogP contribution is -2.32. The van der Waals surface area contributed by atoms with Crippen LogP contribution in [0.15, 0.2) is 18.2 Å². The van der Waals surface area contributed by atoms with Crippen LogP contribution in [0.25, 0.3) is 0 Å². The lowest BCUT2D eigenvalue weighted by Gasteiger charge is -2.27. The standard InChI is InChI=1S/C15H22ClNO2/c1-4-5-8-17(10-12(3)15(18)19)13-7-6-11(2)14(16)9-13/h6-7,9,12H,4-5,8,10H2,1-3H3,(H,18,19). The van der Waals surface area contributed by atoms with E-state index in [0.717, 1.165) is 35.7 Å². The molecule has 0 aromatic heterocycles. The Morgan fingerprint density at radius 3 is 2.68 bits per heavy atom. The molecule has 0 saturated carbocycles. The normalized spacial score (nSPS) is 12.2. The molecule has 0 saturated heterocycles. The minimum Gasteiger partial charge on any atom is -0.481 e. The number of nitrogens with zero attached hydrogens (tertiary/aromatic N) is 1. The van der Waals surface area contributed by atoms with E-state index in [-0.39, 0.29) is 0 Å². The summed E-state index contributed by atoms with van der Waals surface area (Å²) in [5.74, 6) is -1.16. The lowest BCUT2D eigenvalue weighted by atomic mass is 10.1. The van der Waals surface area contributed by atoms with Crippen LogP contribution in [0.3, 0.4) is 0 Å². The molecule has 0 aliphatic carbocycles. The Labute approximate surface area is 120 Å². The van der Waals surface area contributed by atoms with Gasteiger partial charge in [0.25, 0.3) is 0 Å². The number of carbonyl (C=O) groups is 1. The number of rotatable bonds is 7.